The summed E-state index contributed by atoms with van der Waals surface area (Å²) in [6.45, 7) is 7.86. The van der Waals surface area contributed by atoms with Gasteiger partial charge in [0.05, 0.1) is 17.5 Å². The monoisotopic (exact) mass is 772 g/mol. The van der Waals surface area contributed by atoms with Crippen LogP contribution >= 0.6 is 0 Å². The molecule has 2 unspecified atom stereocenters. The molecule has 0 aliphatic heterocycles. The van der Waals surface area contributed by atoms with Crippen LogP contribution in [0, 0.1) is 17.7 Å². The van der Waals surface area contributed by atoms with Gasteiger partial charge in [0.1, 0.15) is 17.4 Å². The van der Waals surface area contributed by atoms with Crippen molar-refractivity contribution in [3.63, 3.8) is 0 Å². The molecule has 2 aromatic heterocycles. The molecule has 296 valence electrons. The minimum atomic E-state index is -4.60. The number of amides is 3. The summed E-state index contributed by atoms with van der Waals surface area (Å²) in [6, 6.07) is 15.9. The fraction of sp³-hybridized carbons (Fsp3) is 0.395. The molecule has 6 rings (SSSR count). The molecule has 13 heteroatoms. The summed E-state index contributed by atoms with van der Waals surface area (Å²) in [4.78, 5) is 49.4. The molecule has 0 radical (unpaired) electrons. The number of rotatable bonds is 14. The van der Waals surface area contributed by atoms with Gasteiger partial charge in [-0.25, -0.2) is 4.39 Å². The molecule has 1 aliphatic carbocycles. The fourth-order valence-electron chi connectivity index (χ4n) is 7.61. The Hall–Kier alpha value is -5.30. The van der Waals surface area contributed by atoms with Crippen LogP contribution in [0.1, 0.15) is 69.3 Å². The number of anilines is 1. The Morgan fingerprint density at radius 1 is 0.911 bits per heavy atom. The van der Waals surface area contributed by atoms with Crippen LogP contribution in [0.15, 0.2) is 79.1 Å². The summed E-state index contributed by atoms with van der Waals surface area (Å²) in [5.41, 5.74) is -0.202. The average molecular weight is 773 g/mol. The fourth-order valence-corrected chi connectivity index (χ4v) is 7.61. The molecule has 0 bridgehead atoms. The summed E-state index contributed by atoms with van der Waals surface area (Å²) < 4.78 is 56.8. The molecular weight excluding hydrogens is 725 g/mol. The molecule has 5 aromatic rings. The quantitative estimate of drug-likeness (QED) is 0.0742. The Balaban J connectivity index is 1.33. The molecule has 0 saturated carbocycles. The molecule has 0 spiro atoms. The number of aromatic amines is 1. The van der Waals surface area contributed by atoms with Crippen molar-refractivity contribution in [1.82, 2.24) is 25.9 Å². The lowest BCUT2D eigenvalue weighted by Crippen LogP contribution is -2.65. The van der Waals surface area contributed by atoms with Gasteiger partial charge in [-0.2, -0.15) is 13.2 Å². The summed E-state index contributed by atoms with van der Waals surface area (Å²) in [7, 11) is 0. The molecule has 1 aliphatic rings. The molecule has 3 aromatic carbocycles. The molecular formula is C43H48F4N6O3. The average Bonchev–Trinajstić information content (AvgIpc) is 3.56. The third-order valence-corrected chi connectivity index (χ3v) is 11.4. The number of nitrogens with zero attached hydrogens (tertiary/aromatic N) is 1. The van der Waals surface area contributed by atoms with Crippen LogP contribution in [-0.4, -0.2) is 51.9 Å². The Kier molecular flexibility index (Phi) is 12.1. The number of hydrogen-bond donors (Lipinski definition) is 5. The van der Waals surface area contributed by atoms with Gasteiger partial charge < -0.3 is 26.3 Å². The SMILES string of the molecule is CCC(C)[C@H](NC(=O)[C@@]1(NCC(NC(=O)Cc2ccccc2F)[C@@H](C)CC)CCc2[nH]c3c(C(F)(F)F)cccc3c2C1)C(=O)Nc1cccc2cnccc12. The predicted octanol–water partition coefficient (Wildman–Crippen LogP) is 7.63. The summed E-state index contributed by atoms with van der Waals surface area (Å²) in [5.74, 6) is -2.13. The Labute approximate surface area is 323 Å². The van der Waals surface area contributed by atoms with E-state index in [1.54, 1.807) is 48.8 Å². The standard InChI is InChI=1S/C43H48F4N6O3/c1-5-25(3)36(50-37(54)21-27-11-7-8-15-33(27)44)24-49-42(19-17-35-31(22-42)30-13-10-14-32(39(30)51-35)43(45,46)47)41(56)53-38(26(4)6-2)40(55)52-34-16-9-12-28-23-48-20-18-29(28)34/h7-16,18,20,23,25-26,36,38,49,51H,5-6,17,19,21-22,24H2,1-4H3,(H,50,54)(H,52,55)(H,53,56)/t25-,26?,36?,38-,42+/m0/s1. The first-order valence-corrected chi connectivity index (χ1v) is 19.2. The number of aryl methyl sites for hydroxylation is 1. The molecule has 5 N–H and O–H groups in total. The van der Waals surface area contributed by atoms with Crippen LogP contribution in [-0.2, 0) is 39.8 Å². The molecule has 2 heterocycles. The zero-order valence-corrected chi connectivity index (χ0v) is 31.9. The maximum atomic E-state index is 14.9. The molecule has 9 nitrogen and oxygen atoms in total. The van der Waals surface area contributed by atoms with Crippen molar-refractivity contribution >= 4 is 45.1 Å². The van der Waals surface area contributed by atoms with Crippen LogP contribution in [0.25, 0.3) is 21.7 Å². The van der Waals surface area contributed by atoms with E-state index in [1.807, 2.05) is 39.8 Å². The minimum absolute atomic E-state index is 0.0248. The Morgan fingerprint density at radius 2 is 1.66 bits per heavy atom. The van der Waals surface area contributed by atoms with Crippen LogP contribution < -0.4 is 21.3 Å². The van der Waals surface area contributed by atoms with E-state index in [9.17, 15) is 31.9 Å². The topological polar surface area (TPSA) is 128 Å². The van der Waals surface area contributed by atoms with Crippen molar-refractivity contribution in [1.29, 1.82) is 0 Å². The van der Waals surface area contributed by atoms with Crippen LogP contribution in [0.3, 0.4) is 0 Å². The van der Waals surface area contributed by atoms with Crippen LogP contribution in [0.5, 0.6) is 0 Å². The van der Waals surface area contributed by atoms with E-state index in [0.717, 1.165) is 16.8 Å². The van der Waals surface area contributed by atoms with Gasteiger partial charge in [0.25, 0.3) is 0 Å². The maximum absolute atomic E-state index is 14.9. The first-order valence-electron chi connectivity index (χ1n) is 19.2. The van der Waals surface area contributed by atoms with Crippen molar-refractivity contribution in [2.24, 2.45) is 11.8 Å². The predicted molar refractivity (Wildman–Crippen MR) is 209 cm³/mol. The van der Waals surface area contributed by atoms with Crippen LogP contribution in [0.4, 0.5) is 23.2 Å². The van der Waals surface area contributed by atoms with Crippen molar-refractivity contribution in [2.75, 3.05) is 11.9 Å². The van der Waals surface area contributed by atoms with E-state index >= 15 is 0 Å². The largest absolute Gasteiger partial charge is 0.418 e. The first-order chi connectivity index (χ1) is 26.7. The van der Waals surface area contributed by atoms with Crippen molar-refractivity contribution in [3.05, 3.63) is 107 Å². The summed E-state index contributed by atoms with van der Waals surface area (Å²) >= 11 is 0. The van der Waals surface area contributed by atoms with Gasteiger partial charge >= 0.3 is 6.18 Å². The number of hydrogen-bond acceptors (Lipinski definition) is 5. The summed E-state index contributed by atoms with van der Waals surface area (Å²) in [5, 5.41) is 14.6. The number of H-pyrrole nitrogens is 1. The van der Waals surface area contributed by atoms with E-state index in [1.165, 1.54) is 12.1 Å². The van der Waals surface area contributed by atoms with E-state index in [2.05, 4.69) is 31.2 Å². The van der Waals surface area contributed by atoms with Crippen LogP contribution in [0.2, 0.25) is 0 Å². The highest BCUT2D eigenvalue weighted by molar-refractivity contribution is 6.05. The van der Waals surface area contributed by atoms with Gasteiger partial charge in [-0.15, -0.1) is 0 Å². The van der Waals surface area contributed by atoms with Gasteiger partial charge in [-0.1, -0.05) is 83.0 Å². The first kappa shape index (κ1) is 40.4. The Bertz CT molecular complexity index is 2220. The molecule has 0 saturated heterocycles. The number of carbonyl (C=O) groups is 3. The molecule has 56 heavy (non-hydrogen) atoms. The number of pyridine rings is 1. The number of aromatic nitrogens is 2. The molecule has 3 amide bonds. The van der Waals surface area contributed by atoms with E-state index < -0.39 is 47.0 Å². The minimum Gasteiger partial charge on any atom is -0.358 e. The van der Waals surface area contributed by atoms with E-state index in [0.29, 0.717) is 35.2 Å². The lowest BCUT2D eigenvalue weighted by Gasteiger charge is -2.40. The lowest BCUT2D eigenvalue weighted by molar-refractivity contribution is -0.136. The smallest absolute Gasteiger partial charge is 0.358 e. The van der Waals surface area contributed by atoms with E-state index in [4.69, 9.17) is 0 Å². The second-order valence-corrected chi connectivity index (χ2v) is 15.0. The zero-order chi connectivity index (χ0) is 40.2. The third kappa shape index (κ3) is 8.57. The van der Waals surface area contributed by atoms with Gasteiger partial charge in [-0.3, -0.25) is 19.4 Å². The van der Waals surface area contributed by atoms with Crippen molar-refractivity contribution in [3.8, 4) is 0 Å². The highest BCUT2D eigenvalue weighted by Crippen LogP contribution is 2.40. The number of fused-ring (bicyclic) bond motifs is 4. The maximum Gasteiger partial charge on any atom is 0.418 e. The van der Waals surface area contributed by atoms with Gasteiger partial charge in [-0.05, 0) is 60.1 Å². The zero-order valence-electron chi connectivity index (χ0n) is 31.9. The number of alkyl halides is 3. The highest BCUT2D eigenvalue weighted by Gasteiger charge is 2.45. The second-order valence-electron chi connectivity index (χ2n) is 15.0. The van der Waals surface area contributed by atoms with Crippen molar-refractivity contribution < 1.29 is 31.9 Å². The number of carbonyl (C=O) groups excluding carboxylic acids is 3. The number of halogens is 4. The number of benzene rings is 3. The summed E-state index contributed by atoms with van der Waals surface area (Å²) in [6.07, 6.45) is 0.275. The normalized spacial score (nSPS) is 17.8. The number of nitrogens with one attached hydrogen (secondary N) is 5. The van der Waals surface area contributed by atoms with E-state index in [-0.39, 0.29) is 61.1 Å². The van der Waals surface area contributed by atoms with Gasteiger partial charge in [0.2, 0.25) is 17.7 Å². The van der Waals surface area contributed by atoms with Gasteiger partial charge in [0.15, 0.2) is 0 Å². The molecule has 0 fully saturated rings. The number of para-hydroxylation sites is 1. The lowest BCUT2D eigenvalue weighted by atomic mass is 9.78. The highest BCUT2D eigenvalue weighted by atomic mass is 19.4. The second kappa shape index (κ2) is 16.8. The van der Waals surface area contributed by atoms with Crippen molar-refractivity contribution in [2.45, 2.75) is 90.0 Å². The Morgan fingerprint density at radius 3 is 2.39 bits per heavy atom. The molecule has 5 atom stereocenters. The third-order valence-electron chi connectivity index (χ3n) is 11.4. The van der Waals surface area contributed by atoms with Gasteiger partial charge in [0, 0.05) is 58.9 Å².